The number of nitrogens with two attached hydrogens (primary N) is 1. The molecule has 1 aromatic carbocycles. The van der Waals surface area contributed by atoms with Gasteiger partial charge in [0.05, 0.1) is 11.3 Å². The molecule has 0 heterocycles. The van der Waals surface area contributed by atoms with Crippen LogP contribution in [0.4, 0.5) is 23.2 Å². The van der Waals surface area contributed by atoms with Crippen LogP contribution < -0.4 is 5.73 Å². The van der Waals surface area contributed by atoms with Gasteiger partial charge in [0.1, 0.15) is 0 Å². The van der Waals surface area contributed by atoms with Crippen molar-refractivity contribution in [1.82, 2.24) is 0 Å². The molecule has 0 atom stereocenters. The first-order valence-electron chi connectivity index (χ1n) is 3.14. The first-order valence-corrected chi connectivity index (χ1v) is 3.93. The smallest absolute Gasteiger partial charge is 0.396 e. The molecule has 0 saturated heterocycles. The Bertz CT molecular complexity index is 334. The van der Waals surface area contributed by atoms with E-state index in [1.54, 1.807) is 0 Å². The van der Waals surface area contributed by atoms with E-state index in [4.69, 9.17) is 5.73 Å². The van der Waals surface area contributed by atoms with Gasteiger partial charge in [0.25, 0.3) is 0 Å². The minimum absolute atomic E-state index is 0.0960. The van der Waals surface area contributed by atoms with E-state index in [-0.39, 0.29) is 4.47 Å². The van der Waals surface area contributed by atoms with Crippen molar-refractivity contribution in [2.24, 2.45) is 0 Å². The highest BCUT2D eigenvalue weighted by atomic mass is 79.9. The van der Waals surface area contributed by atoms with E-state index in [1.807, 2.05) is 0 Å². The van der Waals surface area contributed by atoms with Gasteiger partial charge in [0, 0.05) is 4.47 Å². The molecule has 0 saturated carbocycles. The molecule has 0 spiro atoms. The summed E-state index contributed by atoms with van der Waals surface area (Å²) in [5.74, 6) is -1.43. The SMILES string of the molecule is Nc1cc(Br)cc(C(F)(F)F)c1F. The van der Waals surface area contributed by atoms with Gasteiger partial charge in [-0.25, -0.2) is 4.39 Å². The van der Waals surface area contributed by atoms with E-state index >= 15 is 0 Å². The number of hydrogen-bond donors (Lipinski definition) is 1. The van der Waals surface area contributed by atoms with Gasteiger partial charge < -0.3 is 5.73 Å². The zero-order valence-electron chi connectivity index (χ0n) is 6.12. The molecule has 1 aromatic rings. The highest BCUT2D eigenvalue weighted by molar-refractivity contribution is 9.10. The van der Waals surface area contributed by atoms with Crippen LogP contribution in [0.25, 0.3) is 0 Å². The molecule has 6 heteroatoms. The van der Waals surface area contributed by atoms with Crippen LogP contribution in [0.2, 0.25) is 0 Å². The molecular weight excluding hydrogens is 254 g/mol. The molecule has 72 valence electrons. The summed E-state index contributed by atoms with van der Waals surface area (Å²) in [5, 5.41) is 0. The summed E-state index contributed by atoms with van der Waals surface area (Å²) < 4.78 is 49.2. The van der Waals surface area contributed by atoms with Crippen LogP contribution in [0, 0.1) is 5.82 Å². The van der Waals surface area contributed by atoms with Crippen LogP contribution in [0.3, 0.4) is 0 Å². The van der Waals surface area contributed by atoms with E-state index in [0.29, 0.717) is 6.07 Å². The predicted molar refractivity (Wildman–Crippen MR) is 43.5 cm³/mol. The van der Waals surface area contributed by atoms with E-state index in [9.17, 15) is 17.6 Å². The zero-order valence-corrected chi connectivity index (χ0v) is 7.71. The minimum atomic E-state index is -4.72. The van der Waals surface area contributed by atoms with Crippen LogP contribution in [0.15, 0.2) is 16.6 Å². The Labute approximate surface area is 79.7 Å². The third-order valence-electron chi connectivity index (χ3n) is 1.37. The van der Waals surface area contributed by atoms with Crippen molar-refractivity contribution in [2.45, 2.75) is 6.18 Å². The molecule has 0 aromatic heterocycles. The Morgan fingerprint density at radius 3 is 2.23 bits per heavy atom. The maximum absolute atomic E-state index is 12.8. The topological polar surface area (TPSA) is 26.0 Å². The van der Waals surface area contributed by atoms with Gasteiger partial charge in [-0.1, -0.05) is 15.9 Å². The molecule has 0 aliphatic heterocycles. The molecular formula is C7H4BrF4N. The highest BCUT2D eigenvalue weighted by Gasteiger charge is 2.35. The molecule has 0 aliphatic carbocycles. The van der Waals surface area contributed by atoms with Gasteiger partial charge in [-0.2, -0.15) is 13.2 Å². The van der Waals surface area contributed by atoms with Crippen molar-refractivity contribution in [3.05, 3.63) is 28.0 Å². The molecule has 1 rings (SSSR count). The van der Waals surface area contributed by atoms with Gasteiger partial charge in [0.15, 0.2) is 5.82 Å². The third-order valence-corrected chi connectivity index (χ3v) is 1.83. The molecule has 0 unspecified atom stereocenters. The normalized spacial score (nSPS) is 11.8. The maximum Gasteiger partial charge on any atom is 0.419 e. The van der Waals surface area contributed by atoms with Gasteiger partial charge in [-0.3, -0.25) is 0 Å². The first kappa shape index (κ1) is 10.3. The Morgan fingerprint density at radius 2 is 1.77 bits per heavy atom. The van der Waals surface area contributed by atoms with Crippen molar-refractivity contribution >= 4 is 21.6 Å². The molecule has 0 radical (unpaired) electrons. The van der Waals surface area contributed by atoms with Gasteiger partial charge in [-0.05, 0) is 12.1 Å². The Kier molecular flexibility index (Phi) is 2.51. The number of alkyl halides is 3. The number of benzene rings is 1. The van der Waals surface area contributed by atoms with Crippen molar-refractivity contribution < 1.29 is 17.6 Å². The Hall–Kier alpha value is -0.780. The third kappa shape index (κ3) is 2.12. The Balaban J connectivity index is 3.37. The highest BCUT2D eigenvalue weighted by Crippen LogP contribution is 2.35. The second-order valence-electron chi connectivity index (χ2n) is 2.35. The summed E-state index contributed by atoms with van der Waals surface area (Å²) in [7, 11) is 0. The van der Waals surface area contributed by atoms with Crippen molar-refractivity contribution in [3.8, 4) is 0 Å². The first-order chi connectivity index (χ1) is 5.82. The van der Waals surface area contributed by atoms with Gasteiger partial charge in [0.2, 0.25) is 0 Å². The molecule has 0 aliphatic rings. The van der Waals surface area contributed by atoms with E-state index in [1.165, 1.54) is 0 Å². The van der Waals surface area contributed by atoms with E-state index in [2.05, 4.69) is 15.9 Å². The van der Waals surface area contributed by atoms with E-state index < -0.39 is 23.2 Å². The molecule has 2 N–H and O–H groups in total. The minimum Gasteiger partial charge on any atom is -0.396 e. The average molecular weight is 258 g/mol. The Morgan fingerprint density at radius 1 is 1.23 bits per heavy atom. The lowest BCUT2D eigenvalue weighted by Crippen LogP contribution is -2.09. The zero-order chi connectivity index (χ0) is 10.2. The predicted octanol–water partition coefficient (Wildman–Crippen LogP) is 3.19. The fourth-order valence-electron chi connectivity index (χ4n) is 0.817. The molecule has 0 amide bonds. The van der Waals surface area contributed by atoms with Crippen LogP contribution in [-0.4, -0.2) is 0 Å². The summed E-state index contributed by atoms with van der Waals surface area (Å²) >= 11 is 2.79. The van der Waals surface area contributed by atoms with Crippen molar-refractivity contribution in [2.75, 3.05) is 5.73 Å². The summed E-state index contributed by atoms with van der Waals surface area (Å²) in [4.78, 5) is 0. The number of nitrogen functional groups attached to an aromatic ring is 1. The number of hydrogen-bond acceptors (Lipinski definition) is 1. The summed E-state index contributed by atoms with van der Waals surface area (Å²) in [6.45, 7) is 0. The number of halogens is 5. The lowest BCUT2D eigenvalue weighted by atomic mass is 10.2. The fraction of sp³-hybridized carbons (Fsp3) is 0.143. The van der Waals surface area contributed by atoms with Crippen LogP contribution >= 0.6 is 15.9 Å². The van der Waals surface area contributed by atoms with Crippen molar-refractivity contribution in [1.29, 1.82) is 0 Å². The van der Waals surface area contributed by atoms with Gasteiger partial charge in [-0.15, -0.1) is 0 Å². The summed E-state index contributed by atoms with van der Waals surface area (Å²) in [6.07, 6.45) is -4.72. The second kappa shape index (κ2) is 3.17. The molecule has 1 nitrogen and oxygen atoms in total. The lowest BCUT2D eigenvalue weighted by molar-refractivity contribution is -0.139. The monoisotopic (exact) mass is 257 g/mol. The number of anilines is 1. The van der Waals surface area contributed by atoms with E-state index in [0.717, 1.165) is 6.07 Å². The molecule has 0 bridgehead atoms. The average Bonchev–Trinajstić information content (AvgIpc) is 1.94. The summed E-state index contributed by atoms with van der Waals surface area (Å²) in [6, 6.07) is 1.72. The summed E-state index contributed by atoms with van der Waals surface area (Å²) in [5.41, 5.74) is 3.13. The van der Waals surface area contributed by atoms with Crippen LogP contribution in [0.5, 0.6) is 0 Å². The van der Waals surface area contributed by atoms with Crippen LogP contribution in [0.1, 0.15) is 5.56 Å². The quantitative estimate of drug-likeness (QED) is 0.561. The largest absolute Gasteiger partial charge is 0.419 e. The van der Waals surface area contributed by atoms with Crippen molar-refractivity contribution in [3.63, 3.8) is 0 Å². The molecule has 0 fully saturated rings. The second-order valence-corrected chi connectivity index (χ2v) is 3.27. The van der Waals surface area contributed by atoms with Gasteiger partial charge >= 0.3 is 6.18 Å². The van der Waals surface area contributed by atoms with Crippen LogP contribution in [-0.2, 0) is 6.18 Å². The standard InChI is InChI=1S/C7H4BrF4N/c8-3-1-4(7(10,11)12)6(9)5(13)2-3/h1-2H,13H2. The fourth-order valence-corrected chi connectivity index (χ4v) is 1.29. The molecule has 13 heavy (non-hydrogen) atoms. The number of rotatable bonds is 0. The maximum atomic E-state index is 12.8. The lowest BCUT2D eigenvalue weighted by Gasteiger charge is -2.09.